The molecule has 0 aromatic carbocycles. The zero-order chi connectivity index (χ0) is 11.0. The van der Waals surface area contributed by atoms with Crippen molar-refractivity contribution in [1.82, 2.24) is 16.0 Å². The minimum Gasteiger partial charge on any atom is -0.355 e. The summed E-state index contributed by atoms with van der Waals surface area (Å²) >= 11 is 0. The minimum absolute atomic E-state index is 0.0263. The molecule has 5 nitrogen and oxygen atoms in total. The van der Waals surface area contributed by atoms with E-state index in [1.54, 1.807) is 0 Å². The lowest BCUT2D eigenvalue weighted by atomic mass is 10.4. The van der Waals surface area contributed by atoms with E-state index in [2.05, 4.69) is 16.0 Å². The van der Waals surface area contributed by atoms with Gasteiger partial charge < -0.3 is 16.0 Å². The van der Waals surface area contributed by atoms with Crippen molar-refractivity contribution in [3.05, 3.63) is 0 Å². The molecular weight excluding hydrogens is 182 g/mol. The van der Waals surface area contributed by atoms with E-state index in [0.29, 0.717) is 6.54 Å². The van der Waals surface area contributed by atoms with Gasteiger partial charge in [0.05, 0.1) is 6.54 Å². The van der Waals surface area contributed by atoms with Crippen LogP contribution in [0.4, 0.5) is 4.79 Å². The van der Waals surface area contributed by atoms with Crippen molar-refractivity contribution in [2.45, 2.75) is 33.2 Å². The van der Waals surface area contributed by atoms with Gasteiger partial charge in [-0.3, -0.25) is 4.79 Å². The molecule has 0 radical (unpaired) electrons. The molecule has 0 aliphatic carbocycles. The molecule has 0 saturated heterocycles. The summed E-state index contributed by atoms with van der Waals surface area (Å²) in [7, 11) is 0. The van der Waals surface area contributed by atoms with Crippen LogP contribution in [-0.2, 0) is 4.79 Å². The molecule has 82 valence electrons. The third-order valence-electron chi connectivity index (χ3n) is 1.40. The molecule has 0 aliphatic rings. The summed E-state index contributed by atoms with van der Waals surface area (Å²) in [6, 6.07) is -0.236. The van der Waals surface area contributed by atoms with Gasteiger partial charge in [0.1, 0.15) is 0 Å². The van der Waals surface area contributed by atoms with Crippen LogP contribution in [0.3, 0.4) is 0 Å². The van der Waals surface area contributed by atoms with Crippen LogP contribution in [0.25, 0.3) is 0 Å². The zero-order valence-corrected chi connectivity index (χ0v) is 9.02. The van der Waals surface area contributed by atoms with E-state index < -0.39 is 0 Å². The second-order valence-corrected chi connectivity index (χ2v) is 3.33. The Kier molecular flexibility index (Phi) is 6.53. The summed E-state index contributed by atoms with van der Waals surface area (Å²) in [5.41, 5.74) is 0. The van der Waals surface area contributed by atoms with Gasteiger partial charge in [-0.25, -0.2) is 4.79 Å². The first-order valence-corrected chi connectivity index (χ1v) is 4.87. The maximum atomic E-state index is 11.0. The van der Waals surface area contributed by atoms with Crippen LogP contribution in [0.1, 0.15) is 27.2 Å². The molecule has 3 amide bonds. The lowest BCUT2D eigenvalue weighted by Gasteiger charge is -2.09. The van der Waals surface area contributed by atoms with Gasteiger partial charge in [0.15, 0.2) is 0 Å². The van der Waals surface area contributed by atoms with Gasteiger partial charge in [0.25, 0.3) is 0 Å². The molecule has 0 aliphatic heterocycles. The highest BCUT2D eigenvalue weighted by Crippen LogP contribution is 1.76. The molecule has 5 heteroatoms. The fourth-order valence-corrected chi connectivity index (χ4v) is 0.801. The number of rotatable bonds is 5. The van der Waals surface area contributed by atoms with Crippen molar-refractivity contribution in [3.8, 4) is 0 Å². The van der Waals surface area contributed by atoms with Gasteiger partial charge in [-0.1, -0.05) is 6.92 Å². The molecule has 0 unspecified atom stereocenters. The summed E-state index contributed by atoms with van der Waals surface area (Å²) in [4.78, 5) is 22.1. The number of carbonyl (C=O) groups excluding carboxylic acids is 2. The fraction of sp³-hybridized carbons (Fsp3) is 0.778. The van der Waals surface area contributed by atoms with Gasteiger partial charge in [-0.15, -0.1) is 0 Å². The number of carbonyl (C=O) groups is 2. The fourth-order valence-electron chi connectivity index (χ4n) is 0.801. The number of amides is 3. The minimum atomic E-state index is -0.313. The smallest absolute Gasteiger partial charge is 0.315 e. The standard InChI is InChI=1S/C9H19N3O2/c1-4-5-10-8(13)6-11-9(14)12-7(2)3/h7H,4-6H2,1-3H3,(H,10,13)(H2,11,12,14). The van der Waals surface area contributed by atoms with Gasteiger partial charge in [-0.05, 0) is 20.3 Å². The average molecular weight is 201 g/mol. The Balaban J connectivity index is 3.51. The molecular formula is C9H19N3O2. The van der Waals surface area contributed by atoms with Crippen LogP contribution in [0.5, 0.6) is 0 Å². The lowest BCUT2D eigenvalue weighted by molar-refractivity contribution is -0.120. The van der Waals surface area contributed by atoms with Crippen LogP contribution in [0.2, 0.25) is 0 Å². The van der Waals surface area contributed by atoms with Crippen molar-refractivity contribution in [2.24, 2.45) is 0 Å². The molecule has 0 saturated carbocycles. The van der Waals surface area contributed by atoms with Crippen molar-refractivity contribution in [3.63, 3.8) is 0 Å². The summed E-state index contributed by atoms with van der Waals surface area (Å²) in [5.74, 6) is -0.161. The predicted molar refractivity (Wildman–Crippen MR) is 55.0 cm³/mol. The molecule has 0 atom stereocenters. The van der Waals surface area contributed by atoms with E-state index in [1.165, 1.54) is 0 Å². The maximum Gasteiger partial charge on any atom is 0.315 e. The highest BCUT2D eigenvalue weighted by Gasteiger charge is 2.04. The van der Waals surface area contributed by atoms with E-state index in [4.69, 9.17) is 0 Å². The largest absolute Gasteiger partial charge is 0.355 e. The Labute approximate surface area is 84.6 Å². The second-order valence-electron chi connectivity index (χ2n) is 3.33. The summed E-state index contributed by atoms with van der Waals surface area (Å²) in [6.07, 6.45) is 0.893. The zero-order valence-electron chi connectivity index (χ0n) is 9.02. The van der Waals surface area contributed by atoms with Gasteiger partial charge in [-0.2, -0.15) is 0 Å². The first kappa shape index (κ1) is 12.7. The summed E-state index contributed by atoms with van der Waals surface area (Å²) in [5, 5.41) is 7.74. The molecule has 3 N–H and O–H groups in total. The first-order chi connectivity index (χ1) is 6.56. The Bertz CT molecular complexity index is 192. The van der Waals surface area contributed by atoms with Crippen molar-refractivity contribution >= 4 is 11.9 Å². The molecule has 0 aromatic heterocycles. The van der Waals surface area contributed by atoms with E-state index in [-0.39, 0.29) is 24.5 Å². The highest BCUT2D eigenvalue weighted by atomic mass is 16.2. The third kappa shape index (κ3) is 7.39. The van der Waals surface area contributed by atoms with Gasteiger partial charge >= 0.3 is 6.03 Å². The number of nitrogens with one attached hydrogen (secondary N) is 3. The normalized spacial score (nSPS) is 9.71. The Morgan fingerprint density at radius 1 is 1.21 bits per heavy atom. The summed E-state index contributed by atoms with van der Waals surface area (Å²) < 4.78 is 0. The van der Waals surface area contributed by atoms with E-state index in [0.717, 1.165) is 6.42 Å². The summed E-state index contributed by atoms with van der Waals surface area (Å²) in [6.45, 7) is 6.36. The molecule has 0 spiro atoms. The van der Waals surface area contributed by atoms with E-state index in [9.17, 15) is 9.59 Å². The topological polar surface area (TPSA) is 70.2 Å². The highest BCUT2D eigenvalue weighted by molar-refractivity contribution is 5.83. The first-order valence-electron chi connectivity index (χ1n) is 4.87. The quantitative estimate of drug-likeness (QED) is 0.595. The second kappa shape index (κ2) is 7.17. The molecule has 0 rings (SSSR count). The molecule has 0 fully saturated rings. The number of urea groups is 1. The SMILES string of the molecule is CCCNC(=O)CNC(=O)NC(C)C. The number of hydrogen-bond acceptors (Lipinski definition) is 2. The van der Waals surface area contributed by atoms with Crippen molar-refractivity contribution in [1.29, 1.82) is 0 Å². The third-order valence-corrected chi connectivity index (χ3v) is 1.40. The van der Waals surface area contributed by atoms with Crippen LogP contribution in [-0.4, -0.2) is 31.1 Å². The number of hydrogen-bond donors (Lipinski definition) is 3. The maximum absolute atomic E-state index is 11.0. The van der Waals surface area contributed by atoms with Crippen molar-refractivity contribution < 1.29 is 9.59 Å². The predicted octanol–water partition coefficient (Wildman–Crippen LogP) is 0.220. The molecule has 0 bridgehead atoms. The van der Waals surface area contributed by atoms with Crippen LogP contribution < -0.4 is 16.0 Å². The molecule has 0 heterocycles. The Morgan fingerprint density at radius 2 is 1.86 bits per heavy atom. The monoisotopic (exact) mass is 201 g/mol. The van der Waals surface area contributed by atoms with Crippen LogP contribution >= 0.6 is 0 Å². The molecule has 0 aromatic rings. The van der Waals surface area contributed by atoms with Crippen molar-refractivity contribution in [2.75, 3.05) is 13.1 Å². The van der Waals surface area contributed by atoms with E-state index >= 15 is 0 Å². The van der Waals surface area contributed by atoms with Gasteiger partial charge in [0.2, 0.25) is 5.91 Å². The Morgan fingerprint density at radius 3 is 2.36 bits per heavy atom. The average Bonchev–Trinajstić information content (AvgIpc) is 2.10. The molecule has 14 heavy (non-hydrogen) atoms. The van der Waals surface area contributed by atoms with Gasteiger partial charge in [0, 0.05) is 12.6 Å². The lowest BCUT2D eigenvalue weighted by Crippen LogP contribution is -2.44. The van der Waals surface area contributed by atoms with Crippen LogP contribution in [0, 0.1) is 0 Å². The van der Waals surface area contributed by atoms with E-state index in [1.807, 2.05) is 20.8 Å². The Hall–Kier alpha value is -1.26. The van der Waals surface area contributed by atoms with Crippen LogP contribution in [0.15, 0.2) is 0 Å².